The fraction of sp³-hybridized carbons (Fsp3) is 0.400. The maximum Gasteiger partial charge on any atom is 0.127 e. The molecule has 0 radical (unpaired) electrons. The molecule has 0 saturated heterocycles. The predicted octanol–water partition coefficient (Wildman–Crippen LogP) is 4.68. The number of hydrogen-bond donors (Lipinski definition) is 2. The molecule has 2 N–H and O–H groups in total. The fourth-order valence-corrected chi connectivity index (χ4v) is 4.31. The van der Waals surface area contributed by atoms with Crippen LogP contribution in [-0.4, -0.2) is 10.2 Å². The van der Waals surface area contributed by atoms with Gasteiger partial charge in [-0.15, -0.1) is 0 Å². The quantitative estimate of drug-likeness (QED) is 0.847. The fourth-order valence-electron chi connectivity index (χ4n) is 4.31. The average molecular weight is 310 g/mol. The molecule has 2 aliphatic rings. The van der Waals surface area contributed by atoms with Gasteiger partial charge in [-0.1, -0.05) is 25.5 Å². The van der Waals surface area contributed by atoms with E-state index in [2.05, 4.69) is 6.92 Å². The number of hydrogen-bond acceptors (Lipinski definition) is 3. The third kappa shape index (κ3) is 2.35. The number of rotatable bonds is 2. The van der Waals surface area contributed by atoms with Crippen molar-refractivity contribution in [2.24, 2.45) is 5.92 Å². The van der Waals surface area contributed by atoms with Crippen molar-refractivity contribution in [1.82, 2.24) is 0 Å². The van der Waals surface area contributed by atoms with Crippen molar-refractivity contribution in [3.63, 3.8) is 0 Å². The molecule has 2 aromatic rings. The van der Waals surface area contributed by atoms with E-state index in [1.165, 1.54) is 12.0 Å². The van der Waals surface area contributed by atoms with E-state index in [9.17, 15) is 10.2 Å². The summed E-state index contributed by atoms with van der Waals surface area (Å²) < 4.78 is 6.46. The highest BCUT2D eigenvalue weighted by atomic mass is 16.5. The lowest BCUT2D eigenvalue weighted by atomic mass is 9.79. The molecule has 0 amide bonds. The highest BCUT2D eigenvalue weighted by molar-refractivity contribution is 5.51. The lowest BCUT2D eigenvalue weighted by molar-refractivity contribution is 0.103. The molecule has 3 heteroatoms. The third-order valence-corrected chi connectivity index (χ3v) is 5.38. The number of aryl methyl sites for hydroxylation is 1. The molecule has 4 rings (SSSR count). The van der Waals surface area contributed by atoms with Gasteiger partial charge in [0.1, 0.15) is 23.4 Å². The Morgan fingerprint density at radius 2 is 1.83 bits per heavy atom. The summed E-state index contributed by atoms with van der Waals surface area (Å²) in [6, 6.07) is 11.1. The molecule has 3 nitrogen and oxygen atoms in total. The third-order valence-electron chi connectivity index (χ3n) is 5.38. The summed E-state index contributed by atoms with van der Waals surface area (Å²) in [6.07, 6.45) is 4.38. The summed E-state index contributed by atoms with van der Waals surface area (Å²) in [4.78, 5) is 0. The second-order valence-corrected chi connectivity index (χ2v) is 6.71. The van der Waals surface area contributed by atoms with Crippen LogP contribution < -0.4 is 4.74 Å². The van der Waals surface area contributed by atoms with Crippen LogP contribution in [0.15, 0.2) is 36.4 Å². The van der Waals surface area contributed by atoms with Crippen molar-refractivity contribution in [3.05, 3.63) is 53.1 Å². The lowest BCUT2D eigenvalue weighted by Crippen LogP contribution is -2.27. The van der Waals surface area contributed by atoms with Crippen LogP contribution in [0.4, 0.5) is 0 Å². The van der Waals surface area contributed by atoms with E-state index in [0.29, 0.717) is 17.6 Å². The first kappa shape index (κ1) is 14.4. The Bertz CT molecular complexity index is 720. The minimum Gasteiger partial charge on any atom is -0.508 e. The lowest BCUT2D eigenvalue weighted by Gasteiger charge is -2.37. The number of aromatic hydroxyl groups is 2. The molecule has 0 spiro atoms. The minimum atomic E-state index is 0.0328. The zero-order chi connectivity index (χ0) is 16.0. The van der Waals surface area contributed by atoms with Crippen LogP contribution >= 0.6 is 0 Å². The molecule has 23 heavy (non-hydrogen) atoms. The Morgan fingerprint density at radius 3 is 2.57 bits per heavy atom. The van der Waals surface area contributed by atoms with Crippen molar-refractivity contribution in [2.45, 2.75) is 44.6 Å². The summed E-state index contributed by atoms with van der Waals surface area (Å²) >= 11 is 0. The van der Waals surface area contributed by atoms with Gasteiger partial charge in [0.15, 0.2) is 0 Å². The average Bonchev–Trinajstić information content (AvgIpc) is 3.04. The standard InChI is InChI=1S/C20H22O3/c1-2-12-10-15(22)11-18-16-4-3-5-17(16)20(23-19(12)18)13-6-8-14(21)9-7-13/h6-11,16-17,20-22H,2-5H2,1H3/t16-,17+,20+/m0/s1. The van der Waals surface area contributed by atoms with Gasteiger partial charge in [0.2, 0.25) is 0 Å². The molecule has 120 valence electrons. The highest BCUT2D eigenvalue weighted by Crippen LogP contribution is 2.55. The van der Waals surface area contributed by atoms with Crippen LogP contribution in [0.3, 0.4) is 0 Å². The van der Waals surface area contributed by atoms with E-state index in [-0.39, 0.29) is 11.9 Å². The zero-order valence-corrected chi connectivity index (χ0v) is 13.3. The van der Waals surface area contributed by atoms with Gasteiger partial charge in [0.05, 0.1) is 0 Å². The van der Waals surface area contributed by atoms with Gasteiger partial charge in [0, 0.05) is 11.5 Å². The molecule has 1 heterocycles. The SMILES string of the molecule is CCc1cc(O)cc2c1O[C@H](c1ccc(O)cc1)[C@@H]1CCC[C@H]21. The Balaban J connectivity index is 1.81. The molecule has 3 atom stereocenters. The van der Waals surface area contributed by atoms with Gasteiger partial charge in [0.25, 0.3) is 0 Å². The van der Waals surface area contributed by atoms with E-state index in [4.69, 9.17) is 4.74 Å². The molecule has 0 unspecified atom stereocenters. The van der Waals surface area contributed by atoms with E-state index in [1.54, 1.807) is 12.1 Å². The summed E-state index contributed by atoms with van der Waals surface area (Å²) in [7, 11) is 0. The van der Waals surface area contributed by atoms with E-state index < -0.39 is 0 Å². The second-order valence-electron chi connectivity index (χ2n) is 6.71. The molecule has 1 fully saturated rings. The normalized spacial score (nSPS) is 25.5. The van der Waals surface area contributed by atoms with Crippen molar-refractivity contribution in [1.29, 1.82) is 0 Å². The number of phenols is 2. The number of fused-ring (bicyclic) bond motifs is 3. The molecular formula is C20H22O3. The Kier molecular flexibility index (Phi) is 3.44. The van der Waals surface area contributed by atoms with E-state index >= 15 is 0 Å². The molecule has 2 aromatic carbocycles. The number of benzene rings is 2. The van der Waals surface area contributed by atoms with Gasteiger partial charge in [-0.05, 0) is 60.6 Å². The van der Waals surface area contributed by atoms with Crippen molar-refractivity contribution in [2.75, 3.05) is 0 Å². The van der Waals surface area contributed by atoms with Crippen LogP contribution in [0.25, 0.3) is 0 Å². The highest BCUT2D eigenvalue weighted by Gasteiger charge is 2.42. The topological polar surface area (TPSA) is 49.7 Å². The minimum absolute atomic E-state index is 0.0328. The number of ether oxygens (including phenoxy) is 1. The molecule has 0 bridgehead atoms. The van der Waals surface area contributed by atoms with Crippen LogP contribution in [-0.2, 0) is 6.42 Å². The summed E-state index contributed by atoms with van der Waals surface area (Å²) in [6.45, 7) is 2.09. The maximum atomic E-state index is 10.1. The van der Waals surface area contributed by atoms with Gasteiger partial charge in [-0.2, -0.15) is 0 Å². The Morgan fingerprint density at radius 1 is 1.04 bits per heavy atom. The van der Waals surface area contributed by atoms with Gasteiger partial charge in [-0.3, -0.25) is 0 Å². The second kappa shape index (κ2) is 5.48. The van der Waals surface area contributed by atoms with Crippen LogP contribution in [0, 0.1) is 5.92 Å². The maximum absolute atomic E-state index is 10.1. The monoisotopic (exact) mass is 310 g/mol. The van der Waals surface area contributed by atoms with Gasteiger partial charge in [-0.25, -0.2) is 0 Å². The molecule has 1 aliphatic carbocycles. The Hall–Kier alpha value is -2.16. The predicted molar refractivity (Wildman–Crippen MR) is 89.0 cm³/mol. The smallest absolute Gasteiger partial charge is 0.127 e. The summed E-state index contributed by atoms with van der Waals surface area (Å²) in [5.74, 6) is 2.49. The van der Waals surface area contributed by atoms with Crippen LogP contribution in [0.1, 0.15) is 54.9 Å². The van der Waals surface area contributed by atoms with Crippen molar-refractivity contribution >= 4 is 0 Å². The largest absolute Gasteiger partial charge is 0.508 e. The first-order valence-electron chi connectivity index (χ1n) is 8.48. The van der Waals surface area contributed by atoms with Gasteiger partial charge >= 0.3 is 0 Å². The van der Waals surface area contributed by atoms with E-state index in [0.717, 1.165) is 36.1 Å². The van der Waals surface area contributed by atoms with Crippen molar-refractivity contribution < 1.29 is 14.9 Å². The molecule has 1 saturated carbocycles. The van der Waals surface area contributed by atoms with E-state index in [1.807, 2.05) is 24.3 Å². The van der Waals surface area contributed by atoms with Crippen LogP contribution in [0.2, 0.25) is 0 Å². The van der Waals surface area contributed by atoms with Crippen LogP contribution in [0.5, 0.6) is 17.2 Å². The Labute approximate surface area is 136 Å². The number of phenolic OH excluding ortho intramolecular Hbond substituents is 2. The zero-order valence-electron chi connectivity index (χ0n) is 13.3. The van der Waals surface area contributed by atoms with Crippen molar-refractivity contribution in [3.8, 4) is 17.2 Å². The first-order valence-corrected chi connectivity index (χ1v) is 8.48. The summed E-state index contributed by atoms with van der Waals surface area (Å²) in [5, 5.41) is 19.6. The molecule has 1 aliphatic heterocycles. The first-order chi connectivity index (χ1) is 11.2. The molecule has 0 aromatic heterocycles. The molecular weight excluding hydrogens is 288 g/mol. The van der Waals surface area contributed by atoms with Gasteiger partial charge < -0.3 is 14.9 Å². The summed E-state index contributed by atoms with van der Waals surface area (Å²) in [5.41, 5.74) is 3.38.